The van der Waals surface area contributed by atoms with Crippen LogP contribution in [0.1, 0.15) is 20.8 Å². The molecule has 1 amide bonds. The molecule has 0 saturated carbocycles. The number of esters is 1. The van der Waals surface area contributed by atoms with E-state index in [1.165, 1.54) is 11.0 Å². The SMILES string of the molecule is C=C1C=CC(=O)N(CC(=O)OC(C)(C)C)C1. The van der Waals surface area contributed by atoms with E-state index in [2.05, 4.69) is 6.58 Å². The van der Waals surface area contributed by atoms with Crippen molar-refractivity contribution in [3.63, 3.8) is 0 Å². The first-order chi connectivity index (χ1) is 7.28. The molecule has 1 rings (SSSR count). The van der Waals surface area contributed by atoms with E-state index in [4.69, 9.17) is 4.74 Å². The van der Waals surface area contributed by atoms with Crippen LogP contribution in [0.5, 0.6) is 0 Å². The molecule has 88 valence electrons. The van der Waals surface area contributed by atoms with Crippen molar-refractivity contribution in [2.75, 3.05) is 13.1 Å². The van der Waals surface area contributed by atoms with Crippen LogP contribution < -0.4 is 0 Å². The molecule has 4 heteroatoms. The summed E-state index contributed by atoms with van der Waals surface area (Å²) in [7, 11) is 0. The van der Waals surface area contributed by atoms with E-state index < -0.39 is 11.6 Å². The lowest BCUT2D eigenvalue weighted by Gasteiger charge is -2.26. The van der Waals surface area contributed by atoms with Gasteiger partial charge in [-0.3, -0.25) is 9.59 Å². The van der Waals surface area contributed by atoms with Crippen molar-refractivity contribution >= 4 is 11.9 Å². The van der Waals surface area contributed by atoms with Gasteiger partial charge in [0.15, 0.2) is 0 Å². The molecule has 0 spiro atoms. The minimum atomic E-state index is -0.525. The molecule has 0 aromatic carbocycles. The fourth-order valence-corrected chi connectivity index (χ4v) is 1.33. The van der Waals surface area contributed by atoms with Gasteiger partial charge in [-0.25, -0.2) is 0 Å². The summed E-state index contributed by atoms with van der Waals surface area (Å²) in [6.45, 7) is 9.48. The predicted octanol–water partition coefficient (Wildman–Crippen LogP) is 1.28. The molecule has 0 radical (unpaired) electrons. The minimum Gasteiger partial charge on any atom is -0.459 e. The van der Waals surface area contributed by atoms with Crippen molar-refractivity contribution in [3.05, 3.63) is 24.3 Å². The Labute approximate surface area is 95.6 Å². The first kappa shape index (κ1) is 12.5. The van der Waals surface area contributed by atoms with E-state index in [-0.39, 0.29) is 12.5 Å². The maximum Gasteiger partial charge on any atom is 0.326 e. The molecule has 0 unspecified atom stereocenters. The summed E-state index contributed by atoms with van der Waals surface area (Å²) in [6, 6.07) is 0. The van der Waals surface area contributed by atoms with Crippen LogP contribution in [0.2, 0.25) is 0 Å². The molecule has 0 N–H and O–H groups in total. The first-order valence-corrected chi connectivity index (χ1v) is 5.14. The van der Waals surface area contributed by atoms with Crippen molar-refractivity contribution in [1.82, 2.24) is 4.90 Å². The van der Waals surface area contributed by atoms with Gasteiger partial charge in [0.1, 0.15) is 12.1 Å². The van der Waals surface area contributed by atoms with Crippen LogP contribution in [0.4, 0.5) is 0 Å². The van der Waals surface area contributed by atoms with Gasteiger partial charge < -0.3 is 9.64 Å². The average molecular weight is 223 g/mol. The maximum absolute atomic E-state index is 11.5. The lowest BCUT2D eigenvalue weighted by atomic mass is 10.2. The molecule has 0 fully saturated rings. The van der Waals surface area contributed by atoms with Crippen molar-refractivity contribution in [2.24, 2.45) is 0 Å². The highest BCUT2D eigenvalue weighted by atomic mass is 16.6. The fraction of sp³-hybridized carbons (Fsp3) is 0.500. The minimum absolute atomic E-state index is 0.0283. The number of carbonyl (C=O) groups excluding carboxylic acids is 2. The monoisotopic (exact) mass is 223 g/mol. The molecule has 4 nitrogen and oxygen atoms in total. The number of carbonyl (C=O) groups is 2. The van der Waals surface area contributed by atoms with Crippen LogP contribution in [-0.4, -0.2) is 35.5 Å². The van der Waals surface area contributed by atoms with Crippen molar-refractivity contribution < 1.29 is 14.3 Å². The fourth-order valence-electron chi connectivity index (χ4n) is 1.33. The number of hydrogen-bond acceptors (Lipinski definition) is 3. The Bertz CT molecular complexity index is 350. The standard InChI is InChI=1S/C12H17NO3/c1-9-5-6-10(14)13(7-9)8-11(15)16-12(2,3)4/h5-6H,1,7-8H2,2-4H3. The van der Waals surface area contributed by atoms with E-state index >= 15 is 0 Å². The largest absolute Gasteiger partial charge is 0.459 e. The molecule has 0 aromatic heterocycles. The summed E-state index contributed by atoms with van der Waals surface area (Å²) < 4.78 is 5.14. The van der Waals surface area contributed by atoms with Gasteiger partial charge in [0.05, 0.1) is 0 Å². The topological polar surface area (TPSA) is 46.6 Å². The molecule has 0 aromatic rings. The Morgan fingerprint density at radius 2 is 2.12 bits per heavy atom. The van der Waals surface area contributed by atoms with Gasteiger partial charge in [0, 0.05) is 12.6 Å². The molecule has 0 aliphatic carbocycles. The first-order valence-electron chi connectivity index (χ1n) is 5.14. The second-order valence-corrected chi connectivity index (χ2v) is 4.77. The van der Waals surface area contributed by atoms with Gasteiger partial charge in [-0.1, -0.05) is 12.7 Å². The summed E-state index contributed by atoms with van der Waals surface area (Å²) >= 11 is 0. The number of ether oxygens (including phenoxy) is 1. The Morgan fingerprint density at radius 3 is 2.69 bits per heavy atom. The highest BCUT2D eigenvalue weighted by Gasteiger charge is 2.22. The van der Waals surface area contributed by atoms with E-state index in [0.717, 1.165) is 5.57 Å². The molecule has 1 aliphatic rings. The molecule has 0 bridgehead atoms. The number of amides is 1. The van der Waals surface area contributed by atoms with Gasteiger partial charge in [0.2, 0.25) is 5.91 Å². The second kappa shape index (κ2) is 4.51. The Balaban J connectivity index is 2.55. The van der Waals surface area contributed by atoms with Gasteiger partial charge >= 0.3 is 5.97 Å². The molecule has 1 heterocycles. The smallest absolute Gasteiger partial charge is 0.326 e. The van der Waals surface area contributed by atoms with Gasteiger partial charge in [0.25, 0.3) is 0 Å². The summed E-state index contributed by atoms with van der Waals surface area (Å²) in [5, 5.41) is 0. The van der Waals surface area contributed by atoms with Crippen molar-refractivity contribution in [3.8, 4) is 0 Å². The lowest BCUT2D eigenvalue weighted by molar-refractivity contribution is -0.158. The maximum atomic E-state index is 11.5. The van der Waals surface area contributed by atoms with Crippen molar-refractivity contribution in [2.45, 2.75) is 26.4 Å². The van der Waals surface area contributed by atoms with Crippen LogP contribution in [0.25, 0.3) is 0 Å². The summed E-state index contributed by atoms with van der Waals surface area (Å²) in [5.41, 5.74) is 0.283. The van der Waals surface area contributed by atoms with Gasteiger partial charge in [-0.05, 0) is 26.3 Å². The van der Waals surface area contributed by atoms with Crippen LogP contribution in [-0.2, 0) is 14.3 Å². The molecular formula is C12H17NO3. The van der Waals surface area contributed by atoms with Crippen molar-refractivity contribution in [1.29, 1.82) is 0 Å². The average Bonchev–Trinajstić information content (AvgIpc) is 2.08. The van der Waals surface area contributed by atoms with E-state index in [1.54, 1.807) is 26.8 Å². The summed E-state index contributed by atoms with van der Waals surface area (Å²) in [5.74, 6) is -0.581. The van der Waals surface area contributed by atoms with E-state index in [0.29, 0.717) is 6.54 Å². The Morgan fingerprint density at radius 1 is 1.50 bits per heavy atom. The lowest BCUT2D eigenvalue weighted by Crippen LogP contribution is -2.40. The molecule has 0 saturated heterocycles. The van der Waals surface area contributed by atoms with Gasteiger partial charge in [-0.15, -0.1) is 0 Å². The van der Waals surface area contributed by atoms with E-state index in [1.807, 2.05) is 0 Å². The van der Waals surface area contributed by atoms with Crippen LogP contribution >= 0.6 is 0 Å². The zero-order valence-electron chi connectivity index (χ0n) is 9.95. The highest BCUT2D eigenvalue weighted by molar-refractivity contribution is 5.92. The molecule has 1 aliphatic heterocycles. The number of rotatable bonds is 2. The highest BCUT2D eigenvalue weighted by Crippen LogP contribution is 2.10. The second-order valence-electron chi connectivity index (χ2n) is 4.77. The third-order valence-electron chi connectivity index (χ3n) is 1.91. The zero-order valence-corrected chi connectivity index (χ0v) is 9.95. The van der Waals surface area contributed by atoms with Crippen LogP contribution in [0.15, 0.2) is 24.3 Å². The van der Waals surface area contributed by atoms with Crippen LogP contribution in [0, 0.1) is 0 Å². The van der Waals surface area contributed by atoms with Crippen LogP contribution in [0.3, 0.4) is 0 Å². The van der Waals surface area contributed by atoms with E-state index in [9.17, 15) is 9.59 Å². The molecule has 0 atom stereocenters. The summed E-state index contributed by atoms with van der Waals surface area (Å²) in [4.78, 5) is 24.4. The Hall–Kier alpha value is -1.58. The molecular weight excluding hydrogens is 206 g/mol. The Kier molecular flexibility index (Phi) is 3.52. The predicted molar refractivity (Wildman–Crippen MR) is 60.7 cm³/mol. The normalized spacial score (nSPS) is 16.6. The summed E-state index contributed by atoms with van der Waals surface area (Å²) in [6.07, 6.45) is 3.07. The number of hydrogen-bond donors (Lipinski definition) is 0. The number of nitrogens with zero attached hydrogens (tertiary/aromatic N) is 1. The zero-order chi connectivity index (χ0) is 12.3. The third kappa shape index (κ3) is 3.88. The quantitative estimate of drug-likeness (QED) is 0.662. The van der Waals surface area contributed by atoms with Gasteiger partial charge in [-0.2, -0.15) is 0 Å². The third-order valence-corrected chi connectivity index (χ3v) is 1.91. The molecule has 16 heavy (non-hydrogen) atoms.